The van der Waals surface area contributed by atoms with Crippen molar-refractivity contribution in [3.8, 4) is 17.0 Å². The van der Waals surface area contributed by atoms with Crippen molar-refractivity contribution in [2.75, 3.05) is 7.11 Å². The van der Waals surface area contributed by atoms with Crippen molar-refractivity contribution < 1.29 is 4.74 Å². The van der Waals surface area contributed by atoms with Crippen LogP contribution in [0.25, 0.3) is 22.0 Å². The van der Waals surface area contributed by atoms with Gasteiger partial charge in [-0.3, -0.25) is 4.79 Å². The largest absolute Gasteiger partial charge is 0.481 e. The van der Waals surface area contributed by atoms with Crippen LogP contribution >= 0.6 is 0 Å². The van der Waals surface area contributed by atoms with Crippen LogP contribution in [0.2, 0.25) is 0 Å². The van der Waals surface area contributed by atoms with Crippen molar-refractivity contribution in [2.45, 2.75) is 13.8 Å². The maximum absolute atomic E-state index is 12.0. The number of hydrogen-bond acceptors (Lipinski definition) is 3. The van der Waals surface area contributed by atoms with E-state index in [4.69, 9.17) is 4.74 Å². The van der Waals surface area contributed by atoms with Crippen LogP contribution in [0.15, 0.2) is 41.2 Å². The maximum Gasteiger partial charge on any atom is 0.251 e. The van der Waals surface area contributed by atoms with E-state index in [2.05, 4.69) is 17.1 Å². The lowest BCUT2D eigenvalue weighted by Crippen LogP contribution is -2.16. The minimum Gasteiger partial charge on any atom is -0.481 e. The summed E-state index contributed by atoms with van der Waals surface area (Å²) >= 11 is 0. The molecule has 0 bridgehead atoms. The predicted octanol–water partition coefficient (Wildman–Crippen LogP) is 3.23. The molecule has 3 rings (SSSR count). The van der Waals surface area contributed by atoms with E-state index in [1.54, 1.807) is 24.8 Å². The molecular formula is C18H18N2O2. The molecule has 0 aliphatic carbocycles. The van der Waals surface area contributed by atoms with E-state index in [-0.39, 0.29) is 5.56 Å². The Kier molecular flexibility index (Phi) is 3.45. The molecule has 3 aromatic rings. The first-order valence-corrected chi connectivity index (χ1v) is 7.13. The van der Waals surface area contributed by atoms with Gasteiger partial charge in [0.25, 0.3) is 5.56 Å². The number of hydrogen-bond donors (Lipinski definition) is 0. The molecule has 4 heteroatoms. The average Bonchev–Trinajstić information content (AvgIpc) is 2.52. The summed E-state index contributed by atoms with van der Waals surface area (Å²) in [5, 5.41) is 1.09. The Labute approximate surface area is 129 Å². The molecule has 2 heterocycles. The highest BCUT2D eigenvalue weighted by Crippen LogP contribution is 2.28. The number of fused-ring (bicyclic) bond motifs is 1. The van der Waals surface area contributed by atoms with Gasteiger partial charge in [-0.15, -0.1) is 0 Å². The molecule has 0 unspecified atom stereocenters. The minimum absolute atomic E-state index is 0.00623. The molecule has 4 nitrogen and oxygen atoms in total. The maximum atomic E-state index is 12.0. The highest BCUT2D eigenvalue weighted by molar-refractivity contribution is 5.87. The Morgan fingerprint density at radius 3 is 2.55 bits per heavy atom. The van der Waals surface area contributed by atoms with Crippen molar-refractivity contribution in [3.05, 3.63) is 58.0 Å². The molecule has 2 aromatic heterocycles. The van der Waals surface area contributed by atoms with Gasteiger partial charge in [-0.05, 0) is 37.1 Å². The van der Waals surface area contributed by atoms with Gasteiger partial charge >= 0.3 is 0 Å². The van der Waals surface area contributed by atoms with Gasteiger partial charge in [0.05, 0.1) is 12.6 Å². The van der Waals surface area contributed by atoms with Crippen molar-refractivity contribution in [1.29, 1.82) is 0 Å². The lowest BCUT2D eigenvalue weighted by molar-refractivity contribution is 0.397. The van der Waals surface area contributed by atoms with E-state index in [9.17, 15) is 4.79 Å². The van der Waals surface area contributed by atoms with Crippen molar-refractivity contribution in [1.82, 2.24) is 9.55 Å². The highest BCUT2D eigenvalue weighted by Gasteiger charge is 2.09. The summed E-state index contributed by atoms with van der Waals surface area (Å²) in [7, 11) is 3.41. The summed E-state index contributed by atoms with van der Waals surface area (Å²) in [5.41, 5.74) is 4.91. The summed E-state index contributed by atoms with van der Waals surface area (Å²) in [5.74, 6) is 0.602. The zero-order valence-electron chi connectivity index (χ0n) is 13.2. The molecule has 1 aromatic carbocycles. The number of benzene rings is 1. The van der Waals surface area contributed by atoms with Crippen LogP contribution in [-0.4, -0.2) is 16.7 Å². The van der Waals surface area contributed by atoms with E-state index < -0.39 is 0 Å². The van der Waals surface area contributed by atoms with Crippen LogP contribution in [0.3, 0.4) is 0 Å². The fourth-order valence-corrected chi connectivity index (χ4v) is 2.75. The van der Waals surface area contributed by atoms with Gasteiger partial charge in [0.2, 0.25) is 5.88 Å². The third-order valence-corrected chi connectivity index (χ3v) is 4.03. The van der Waals surface area contributed by atoms with Gasteiger partial charge < -0.3 is 9.30 Å². The lowest BCUT2D eigenvalue weighted by atomic mass is 10.0. The fourth-order valence-electron chi connectivity index (χ4n) is 2.75. The molecule has 0 aliphatic heterocycles. The SMILES string of the molecule is COc1ccc(-c2ccc3c(C)cc(=O)n(C)c3c2)c(C)n1. The van der Waals surface area contributed by atoms with Crippen LogP contribution < -0.4 is 10.3 Å². The first-order valence-electron chi connectivity index (χ1n) is 7.13. The third-order valence-electron chi connectivity index (χ3n) is 4.03. The second kappa shape index (κ2) is 5.30. The lowest BCUT2D eigenvalue weighted by Gasteiger charge is -2.11. The van der Waals surface area contributed by atoms with Crippen LogP contribution in [-0.2, 0) is 7.05 Å². The fraction of sp³-hybridized carbons (Fsp3) is 0.222. The van der Waals surface area contributed by atoms with E-state index in [0.717, 1.165) is 33.3 Å². The number of aromatic nitrogens is 2. The monoisotopic (exact) mass is 294 g/mol. The van der Waals surface area contributed by atoms with E-state index in [1.165, 1.54) is 0 Å². The van der Waals surface area contributed by atoms with Crippen LogP contribution in [0.5, 0.6) is 5.88 Å². The molecule has 0 spiro atoms. The van der Waals surface area contributed by atoms with Crippen LogP contribution in [0, 0.1) is 13.8 Å². The third kappa shape index (κ3) is 2.26. The van der Waals surface area contributed by atoms with Crippen molar-refractivity contribution >= 4 is 10.9 Å². The molecular weight excluding hydrogens is 276 g/mol. The molecule has 0 N–H and O–H groups in total. The number of methoxy groups -OCH3 is 1. The Balaban J connectivity index is 2.25. The number of ether oxygens (including phenoxy) is 1. The zero-order valence-corrected chi connectivity index (χ0v) is 13.2. The summed E-state index contributed by atoms with van der Waals surface area (Å²) in [6.45, 7) is 3.92. The van der Waals surface area contributed by atoms with Gasteiger partial charge in [0.1, 0.15) is 0 Å². The van der Waals surface area contributed by atoms with Gasteiger partial charge in [-0.1, -0.05) is 12.1 Å². The normalized spacial score (nSPS) is 10.9. The molecule has 22 heavy (non-hydrogen) atoms. The summed E-state index contributed by atoms with van der Waals surface area (Å²) in [6, 6.07) is 11.7. The minimum atomic E-state index is 0.00623. The first-order chi connectivity index (χ1) is 10.5. The van der Waals surface area contributed by atoms with Gasteiger partial charge in [-0.25, -0.2) is 4.98 Å². The number of aryl methyl sites for hydroxylation is 3. The number of rotatable bonds is 2. The van der Waals surface area contributed by atoms with E-state index >= 15 is 0 Å². The second-order valence-corrected chi connectivity index (χ2v) is 5.44. The molecule has 0 aliphatic rings. The van der Waals surface area contributed by atoms with Gasteiger partial charge in [0.15, 0.2) is 0 Å². The molecule has 0 atom stereocenters. The molecule has 0 saturated heterocycles. The quantitative estimate of drug-likeness (QED) is 0.729. The van der Waals surface area contributed by atoms with Crippen molar-refractivity contribution in [2.24, 2.45) is 7.05 Å². The van der Waals surface area contributed by atoms with Gasteiger partial charge in [0, 0.05) is 35.8 Å². The smallest absolute Gasteiger partial charge is 0.251 e. The molecule has 112 valence electrons. The number of pyridine rings is 2. The molecule has 0 amide bonds. The van der Waals surface area contributed by atoms with E-state index in [0.29, 0.717) is 5.88 Å². The summed E-state index contributed by atoms with van der Waals surface area (Å²) < 4.78 is 6.83. The Morgan fingerprint density at radius 2 is 1.86 bits per heavy atom. The standard InChI is InChI=1S/C18H18N2O2/c1-11-9-18(21)20(3)16-10-13(5-6-14(11)16)15-7-8-17(22-4)19-12(15)2/h5-10H,1-4H3. The van der Waals surface area contributed by atoms with Crippen LogP contribution in [0.1, 0.15) is 11.3 Å². The Morgan fingerprint density at radius 1 is 1.09 bits per heavy atom. The second-order valence-electron chi connectivity index (χ2n) is 5.44. The van der Waals surface area contributed by atoms with Crippen LogP contribution in [0.4, 0.5) is 0 Å². The summed E-state index contributed by atoms with van der Waals surface area (Å²) in [4.78, 5) is 16.4. The molecule has 0 saturated carbocycles. The summed E-state index contributed by atoms with van der Waals surface area (Å²) in [6.07, 6.45) is 0. The molecule has 0 radical (unpaired) electrons. The predicted molar refractivity (Wildman–Crippen MR) is 88.4 cm³/mol. The van der Waals surface area contributed by atoms with Crippen molar-refractivity contribution in [3.63, 3.8) is 0 Å². The Hall–Kier alpha value is -2.62. The Bertz CT molecular complexity index is 926. The average molecular weight is 294 g/mol. The molecule has 0 fully saturated rings. The zero-order chi connectivity index (χ0) is 15.9. The van der Waals surface area contributed by atoms with Gasteiger partial charge in [-0.2, -0.15) is 0 Å². The topological polar surface area (TPSA) is 44.1 Å². The highest BCUT2D eigenvalue weighted by atomic mass is 16.5. The van der Waals surface area contributed by atoms with E-state index in [1.807, 2.05) is 32.0 Å². The first kappa shape index (κ1) is 14.3. The number of nitrogens with zero attached hydrogens (tertiary/aromatic N) is 2.